The van der Waals surface area contributed by atoms with Gasteiger partial charge in [-0.15, -0.1) is 0 Å². The number of ether oxygens (including phenoxy) is 1. The Morgan fingerprint density at radius 1 is 1.56 bits per heavy atom. The molecule has 0 aliphatic carbocycles. The highest BCUT2D eigenvalue weighted by atomic mass is 19.1. The highest BCUT2D eigenvalue weighted by Crippen LogP contribution is 2.19. The Kier molecular flexibility index (Phi) is 3.05. The molecule has 0 radical (unpaired) electrons. The molecule has 3 N–H and O–H groups in total. The lowest BCUT2D eigenvalue weighted by Gasteiger charge is -2.11. The average molecular weight is 224 g/mol. The molecular weight excluding hydrogens is 211 g/mol. The molecule has 1 atom stereocenters. The molecule has 1 aliphatic rings. The first-order chi connectivity index (χ1) is 7.66. The number of carbonyl (C=O) groups is 1. The van der Waals surface area contributed by atoms with E-state index in [-0.39, 0.29) is 11.6 Å². The molecule has 5 heteroatoms. The number of rotatable bonds is 2. The van der Waals surface area contributed by atoms with Gasteiger partial charge >= 0.3 is 0 Å². The molecule has 1 amide bonds. The number of anilines is 2. The molecule has 4 nitrogen and oxygen atoms in total. The van der Waals surface area contributed by atoms with E-state index in [1.165, 1.54) is 18.2 Å². The highest BCUT2D eigenvalue weighted by molar-refractivity contribution is 5.94. The molecular formula is C11H13FN2O2. The van der Waals surface area contributed by atoms with Crippen LogP contribution in [0.3, 0.4) is 0 Å². The van der Waals surface area contributed by atoms with E-state index < -0.39 is 11.9 Å². The van der Waals surface area contributed by atoms with E-state index in [4.69, 9.17) is 10.5 Å². The summed E-state index contributed by atoms with van der Waals surface area (Å²) in [4.78, 5) is 11.6. The van der Waals surface area contributed by atoms with Crippen molar-refractivity contribution in [1.29, 1.82) is 0 Å². The van der Waals surface area contributed by atoms with Gasteiger partial charge in [-0.05, 0) is 31.0 Å². The first-order valence-electron chi connectivity index (χ1n) is 5.14. The van der Waals surface area contributed by atoms with E-state index in [0.717, 1.165) is 6.42 Å². The summed E-state index contributed by atoms with van der Waals surface area (Å²) in [5, 5.41) is 2.47. The van der Waals surface area contributed by atoms with Gasteiger partial charge in [-0.25, -0.2) is 4.39 Å². The maximum atomic E-state index is 13.3. The number of halogens is 1. The molecule has 1 aromatic rings. The smallest absolute Gasteiger partial charge is 0.253 e. The van der Waals surface area contributed by atoms with Gasteiger partial charge in [0.1, 0.15) is 11.9 Å². The Morgan fingerprint density at radius 2 is 2.38 bits per heavy atom. The van der Waals surface area contributed by atoms with E-state index in [0.29, 0.717) is 18.7 Å². The largest absolute Gasteiger partial charge is 0.399 e. The Morgan fingerprint density at radius 3 is 3.06 bits per heavy atom. The minimum absolute atomic E-state index is 0.0977. The average Bonchev–Trinajstić information content (AvgIpc) is 2.76. The molecule has 0 unspecified atom stereocenters. The molecule has 0 saturated carbocycles. The zero-order valence-corrected chi connectivity index (χ0v) is 8.70. The molecule has 1 aromatic carbocycles. The predicted molar refractivity (Wildman–Crippen MR) is 58.4 cm³/mol. The van der Waals surface area contributed by atoms with Crippen molar-refractivity contribution in [3.63, 3.8) is 0 Å². The van der Waals surface area contributed by atoms with Crippen LogP contribution in [-0.2, 0) is 9.53 Å². The third-order valence-electron chi connectivity index (χ3n) is 2.47. The standard InChI is InChI=1S/C11H13FN2O2/c12-8-4-3-7(13)6-9(8)14-11(15)10-2-1-5-16-10/h3-4,6,10H,1-2,5,13H2,(H,14,15)/t10-/m1/s1. The Hall–Kier alpha value is -1.62. The second-order valence-electron chi connectivity index (χ2n) is 3.73. The number of nitrogens with one attached hydrogen (secondary N) is 1. The van der Waals surface area contributed by atoms with Crippen molar-refractivity contribution in [3.8, 4) is 0 Å². The molecule has 86 valence electrons. The summed E-state index contributed by atoms with van der Waals surface area (Å²) in [6, 6.07) is 4.06. The van der Waals surface area contributed by atoms with Gasteiger partial charge in [-0.3, -0.25) is 4.79 Å². The molecule has 0 spiro atoms. The van der Waals surface area contributed by atoms with Crippen molar-refractivity contribution in [3.05, 3.63) is 24.0 Å². The Labute approximate surface area is 92.6 Å². The highest BCUT2D eigenvalue weighted by Gasteiger charge is 2.24. The molecule has 1 aliphatic heterocycles. The normalized spacial score (nSPS) is 19.7. The molecule has 2 rings (SSSR count). The van der Waals surface area contributed by atoms with Crippen LogP contribution in [0.4, 0.5) is 15.8 Å². The van der Waals surface area contributed by atoms with Crippen LogP contribution < -0.4 is 11.1 Å². The predicted octanol–water partition coefficient (Wildman–Crippen LogP) is 1.53. The number of carbonyl (C=O) groups excluding carboxylic acids is 1. The molecule has 0 aromatic heterocycles. The van der Waals surface area contributed by atoms with Gasteiger partial charge < -0.3 is 15.8 Å². The van der Waals surface area contributed by atoms with Crippen LogP contribution in [0.5, 0.6) is 0 Å². The second kappa shape index (κ2) is 4.49. The van der Waals surface area contributed by atoms with Crippen LogP contribution in [0.1, 0.15) is 12.8 Å². The fourth-order valence-electron chi connectivity index (χ4n) is 1.64. The van der Waals surface area contributed by atoms with Crippen molar-refractivity contribution >= 4 is 17.3 Å². The second-order valence-corrected chi connectivity index (χ2v) is 3.73. The first-order valence-corrected chi connectivity index (χ1v) is 5.14. The SMILES string of the molecule is Nc1ccc(F)c(NC(=O)[C@H]2CCCO2)c1. The quantitative estimate of drug-likeness (QED) is 0.749. The third kappa shape index (κ3) is 2.30. The lowest BCUT2D eigenvalue weighted by molar-refractivity contribution is -0.124. The molecule has 16 heavy (non-hydrogen) atoms. The number of benzene rings is 1. The van der Waals surface area contributed by atoms with Crippen molar-refractivity contribution in [2.24, 2.45) is 0 Å². The van der Waals surface area contributed by atoms with Crippen LogP contribution >= 0.6 is 0 Å². The Bertz CT molecular complexity index is 403. The van der Waals surface area contributed by atoms with Gasteiger partial charge in [-0.1, -0.05) is 0 Å². The van der Waals surface area contributed by atoms with E-state index in [1.54, 1.807) is 0 Å². The van der Waals surface area contributed by atoms with Gasteiger partial charge in [0.05, 0.1) is 5.69 Å². The summed E-state index contributed by atoms with van der Waals surface area (Å²) in [7, 11) is 0. The number of hydrogen-bond donors (Lipinski definition) is 2. The maximum Gasteiger partial charge on any atom is 0.253 e. The van der Waals surface area contributed by atoms with Crippen LogP contribution in [0.25, 0.3) is 0 Å². The molecule has 0 bridgehead atoms. The summed E-state index contributed by atoms with van der Waals surface area (Å²) in [6.07, 6.45) is 1.06. The minimum Gasteiger partial charge on any atom is -0.399 e. The lowest BCUT2D eigenvalue weighted by Crippen LogP contribution is -2.27. The summed E-state index contributed by atoms with van der Waals surface area (Å²) in [6.45, 7) is 0.581. The van der Waals surface area contributed by atoms with Crippen molar-refractivity contribution in [2.45, 2.75) is 18.9 Å². The lowest BCUT2D eigenvalue weighted by atomic mass is 10.2. The Balaban J connectivity index is 2.07. The third-order valence-corrected chi connectivity index (χ3v) is 2.47. The van der Waals surface area contributed by atoms with Crippen LogP contribution in [0, 0.1) is 5.82 Å². The van der Waals surface area contributed by atoms with E-state index in [9.17, 15) is 9.18 Å². The zero-order valence-electron chi connectivity index (χ0n) is 8.70. The minimum atomic E-state index is -0.499. The van der Waals surface area contributed by atoms with Crippen molar-refractivity contribution in [1.82, 2.24) is 0 Å². The summed E-state index contributed by atoms with van der Waals surface area (Å²) >= 11 is 0. The van der Waals surface area contributed by atoms with E-state index in [2.05, 4.69) is 5.32 Å². The number of hydrogen-bond acceptors (Lipinski definition) is 3. The topological polar surface area (TPSA) is 64.3 Å². The number of nitrogen functional groups attached to an aromatic ring is 1. The number of amides is 1. The van der Waals surface area contributed by atoms with Gasteiger partial charge in [0.2, 0.25) is 0 Å². The monoisotopic (exact) mass is 224 g/mol. The van der Waals surface area contributed by atoms with Gasteiger partial charge in [-0.2, -0.15) is 0 Å². The van der Waals surface area contributed by atoms with Gasteiger partial charge in [0.25, 0.3) is 5.91 Å². The zero-order chi connectivity index (χ0) is 11.5. The number of nitrogens with two attached hydrogens (primary N) is 1. The fraction of sp³-hybridized carbons (Fsp3) is 0.364. The summed E-state index contributed by atoms with van der Waals surface area (Å²) < 4.78 is 18.5. The molecule has 1 heterocycles. The van der Waals surface area contributed by atoms with Crippen molar-refractivity contribution in [2.75, 3.05) is 17.7 Å². The fourth-order valence-corrected chi connectivity index (χ4v) is 1.64. The summed E-state index contributed by atoms with van der Waals surface area (Å²) in [5.74, 6) is -0.817. The van der Waals surface area contributed by atoms with E-state index >= 15 is 0 Å². The van der Waals surface area contributed by atoms with Gasteiger partial charge in [0, 0.05) is 12.3 Å². The molecule has 1 saturated heterocycles. The van der Waals surface area contributed by atoms with Crippen LogP contribution in [0.15, 0.2) is 18.2 Å². The first kappa shape index (κ1) is 10.9. The summed E-state index contributed by atoms with van der Waals surface area (Å²) in [5.41, 5.74) is 6.01. The maximum absolute atomic E-state index is 13.3. The van der Waals surface area contributed by atoms with Crippen molar-refractivity contribution < 1.29 is 13.9 Å². The van der Waals surface area contributed by atoms with Crippen LogP contribution in [-0.4, -0.2) is 18.6 Å². The van der Waals surface area contributed by atoms with Crippen LogP contribution in [0.2, 0.25) is 0 Å². The van der Waals surface area contributed by atoms with Gasteiger partial charge in [0.15, 0.2) is 0 Å². The van der Waals surface area contributed by atoms with E-state index in [1.807, 2.05) is 0 Å². The molecule has 1 fully saturated rings.